The van der Waals surface area contributed by atoms with Gasteiger partial charge in [-0.05, 0) is 32.4 Å². The summed E-state index contributed by atoms with van der Waals surface area (Å²) in [6.07, 6.45) is 0.510. The summed E-state index contributed by atoms with van der Waals surface area (Å²) in [6, 6.07) is 4.02. The molecule has 1 aliphatic rings. The van der Waals surface area contributed by atoms with Crippen molar-refractivity contribution < 1.29 is 23.9 Å². The van der Waals surface area contributed by atoms with Gasteiger partial charge in [0.15, 0.2) is 0 Å². The van der Waals surface area contributed by atoms with Crippen LogP contribution in [0, 0.1) is 11.3 Å². The van der Waals surface area contributed by atoms with Gasteiger partial charge < -0.3 is 20.1 Å². The minimum Gasteiger partial charge on any atom is -0.463 e. The molecule has 2 N–H and O–H groups in total. The Morgan fingerprint density at radius 1 is 1.21 bits per heavy atom. The fourth-order valence-electron chi connectivity index (χ4n) is 2.67. The number of carbonyl (C=O) groups excluding carboxylic acids is 3. The molecule has 0 radical (unpaired) electrons. The molecular formula is C19H22N4O5S. The summed E-state index contributed by atoms with van der Waals surface area (Å²) in [6.45, 7) is 5.64. The molecule has 0 saturated carbocycles. The Balaban J connectivity index is 2.34. The van der Waals surface area contributed by atoms with Crippen LogP contribution in [0.4, 0.5) is 4.79 Å². The van der Waals surface area contributed by atoms with Gasteiger partial charge in [-0.15, -0.1) is 0 Å². The summed E-state index contributed by atoms with van der Waals surface area (Å²) in [5.74, 6) is -0.950. The molecular weight excluding hydrogens is 396 g/mol. The minimum atomic E-state index is -0.591. The highest BCUT2D eigenvalue weighted by molar-refractivity contribution is 7.99. The number of amides is 2. The van der Waals surface area contributed by atoms with Gasteiger partial charge in [-0.2, -0.15) is 5.26 Å². The minimum absolute atomic E-state index is 0.0775. The number of thioether (sulfide) groups is 1. The maximum Gasteiger partial charge on any atom is 0.356 e. The Hall–Kier alpha value is -3.06. The first-order chi connectivity index (χ1) is 13.9. The van der Waals surface area contributed by atoms with E-state index in [2.05, 4.69) is 15.6 Å². The van der Waals surface area contributed by atoms with Gasteiger partial charge in [0.2, 0.25) is 0 Å². The zero-order chi connectivity index (χ0) is 21.4. The fraction of sp³-hybridized carbons (Fsp3) is 0.421. The zero-order valence-corrected chi connectivity index (χ0v) is 17.2. The molecule has 29 heavy (non-hydrogen) atoms. The molecule has 0 bridgehead atoms. The molecule has 1 aliphatic heterocycles. The van der Waals surface area contributed by atoms with Crippen molar-refractivity contribution in [2.24, 2.45) is 0 Å². The van der Waals surface area contributed by atoms with Crippen molar-refractivity contribution in [3.05, 3.63) is 34.7 Å². The number of aromatic nitrogens is 1. The third-order valence-corrected chi connectivity index (χ3v) is 4.98. The zero-order valence-electron chi connectivity index (χ0n) is 16.4. The summed E-state index contributed by atoms with van der Waals surface area (Å²) in [4.78, 5) is 40.5. The van der Waals surface area contributed by atoms with Crippen molar-refractivity contribution >= 4 is 29.7 Å². The third-order valence-electron chi connectivity index (χ3n) is 3.97. The lowest BCUT2D eigenvalue weighted by atomic mass is 10.0. The van der Waals surface area contributed by atoms with Crippen LogP contribution in [0.25, 0.3) is 0 Å². The summed E-state index contributed by atoms with van der Waals surface area (Å²) in [7, 11) is 0. The molecule has 0 spiro atoms. The molecule has 2 amide bonds. The monoisotopic (exact) mass is 418 g/mol. The van der Waals surface area contributed by atoms with E-state index in [1.807, 2.05) is 13.0 Å². The van der Waals surface area contributed by atoms with Gasteiger partial charge in [0.1, 0.15) is 16.8 Å². The smallest absolute Gasteiger partial charge is 0.356 e. The third kappa shape index (κ3) is 5.48. The van der Waals surface area contributed by atoms with E-state index in [4.69, 9.17) is 9.47 Å². The number of rotatable bonds is 8. The lowest BCUT2D eigenvalue weighted by Crippen LogP contribution is -2.50. The number of urea groups is 1. The van der Waals surface area contributed by atoms with Crippen LogP contribution in [0.1, 0.15) is 43.2 Å². The van der Waals surface area contributed by atoms with Crippen molar-refractivity contribution in [3.63, 3.8) is 0 Å². The van der Waals surface area contributed by atoms with Crippen molar-refractivity contribution in [2.75, 3.05) is 19.0 Å². The highest BCUT2D eigenvalue weighted by Crippen LogP contribution is 2.26. The van der Waals surface area contributed by atoms with Crippen molar-refractivity contribution in [2.45, 2.75) is 38.3 Å². The quantitative estimate of drug-likeness (QED) is 0.485. The number of esters is 2. The van der Waals surface area contributed by atoms with Gasteiger partial charge in [-0.1, -0.05) is 18.7 Å². The van der Waals surface area contributed by atoms with Crippen molar-refractivity contribution in [3.8, 4) is 6.07 Å². The number of hydrogen-bond donors (Lipinski definition) is 2. The van der Waals surface area contributed by atoms with E-state index >= 15 is 0 Å². The molecule has 10 heteroatoms. The Morgan fingerprint density at radius 2 is 1.90 bits per heavy atom. The molecule has 0 fully saturated rings. The molecule has 0 aromatic carbocycles. The second-order valence-corrected chi connectivity index (χ2v) is 6.81. The molecule has 2 heterocycles. The van der Waals surface area contributed by atoms with Gasteiger partial charge >= 0.3 is 18.0 Å². The molecule has 1 unspecified atom stereocenters. The first-order valence-corrected chi connectivity index (χ1v) is 10.1. The number of pyridine rings is 1. The average Bonchev–Trinajstić information content (AvgIpc) is 2.71. The van der Waals surface area contributed by atoms with E-state index in [0.29, 0.717) is 22.7 Å². The largest absolute Gasteiger partial charge is 0.463 e. The Morgan fingerprint density at radius 3 is 2.52 bits per heavy atom. The second-order valence-electron chi connectivity index (χ2n) is 5.84. The Bertz CT molecular complexity index is 878. The van der Waals surface area contributed by atoms with Crippen LogP contribution in [0.15, 0.2) is 28.4 Å². The molecule has 1 aromatic rings. The van der Waals surface area contributed by atoms with Gasteiger partial charge in [0.25, 0.3) is 0 Å². The molecule has 154 valence electrons. The average molecular weight is 418 g/mol. The van der Waals surface area contributed by atoms with Crippen molar-refractivity contribution in [1.29, 1.82) is 5.26 Å². The van der Waals surface area contributed by atoms with Crippen LogP contribution in [0.2, 0.25) is 0 Å². The van der Waals surface area contributed by atoms with E-state index in [9.17, 15) is 19.6 Å². The highest BCUT2D eigenvalue weighted by Gasteiger charge is 2.31. The first kappa shape index (κ1) is 22.2. The van der Waals surface area contributed by atoms with E-state index in [0.717, 1.165) is 11.8 Å². The first-order valence-electron chi connectivity index (χ1n) is 9.13. The summed E-state index contributed by atoms with van der Waals surface area (Å²) < 4.78 is 10.1. The normalized spacial score (nSPS) is 15.8. The maximum absolute atomic E-state index is 12.4. The number of nitriles is 1. The van der Waals surface area contributed by atoms with Gasteiger partial charge in [0.05, 0.1) is 30.4 Å². The number of ether oxygens (including phenoxy) is 2. The van der Waals surface area contributed by atoms with Crippen molar-refractivity contribution in [1.82, 2.24) is 15.6 Å². The lowest BCUT2D eigenvalue weighted by Gasteiger charge is -2.28. The molecule has 0 saturated heterocycles. The lowest BCUT2D eigenvalue weighted by molar-refractivity contribution is -0.139. The van der Waals surface area contributed by atoms with E-state index < -0.39 is 24.0 Å². The van der Waals surface area contributed by atoms with Gasteiger partial charge in [-0.25, -0.2) is 19.4 Å². The maximum atomic E-state index is 12.4. The van der Waals surface area contributed by atoms with Crippen LogP contribution >= 0.6 is 11.8 Å². The summed E-state index contributed by atoms with van der Waals surface area (Å²) in [5, 5.41) is 15.0. The summed E-state index contributed by atoms with van der Waals surface area (Å²) in [5.41, 5.74) is 1.07. The van der Waals surface area contributed by atoms with E-state index in [1.54, 1.807) is 13.8 Å². The highest BCUT2D eigenvalue weighted by atomic mass is 32.2. The van der Waals surface area contributed by atoms with E-state index in [1.165, 1.54) is 12.1 Å². The van der Waals surface area contributed by atoms with Crippen LogP contribution in [-0.4, -0.2) is 48.0 Å². The van der Waals surface area contributed by atoms with Crippen LogP contribution in [0.5, 0.6) is 0 Å². The Labute approximate surface area is 172 Å². The molecule has 0 aliphatic carbocycles. The number of hydrogen-bond acceptors (Lipinski definition) is 8. The predicted octanol–water partition coefficient (Wildman–Crippen LogP) is 2.13. The Kier molecular flexibility index (Phi) is 8.03. The standard InChI is InChI=1S/C19H22N4O5S/c1-4-12-15(18(25)28-6-3)14(23-19(26)22-12)10-29-16-11(9-20)7-8-13(21-16)17(24)27-5-2/h7-8,12H,4-6,10H2,1-3H3,(H2,22,23,26). The molecule has 2 rings (SSSR count). The molecule has 1 atom stereocenters. The number of carbonyl (C=O) groups is 3. The predicted molar refractivity (Wildman–Crippen MR) is 105 cm³/mol. The van der Waals surface area contributed by atoms with Crippen LogP contribution in [-0.2, 0) is 14.3 Å². The summed E-state index contributed by atoms with van der Waals surface area (Å²) >= 11 is 1.13. The molecule has 9 nitrogen and oxygen atoms in total. The topological polar surface area (TPSA) is 130 Å². The number of nitrogens with zero attached hydrogens (tertiary/aromatic N) is 2. The van der Waals surface area contributed by atoms with Gasteiger partial charge in [-0.3, -0.25) is 0 Å². The van der Waals surface area contributed by atoms with Gasteiger partial charge in [0, 0.05) is 11.4 Å². The molecule has 1 aromatic heterocycles. The second kappa shape index (κ2) is 10.5. The van der Waals surface area contributed by atoms with Crippen LogP contribution in [0.3, 0.4) is 0 Å². The van der Waals surface area contributed by atoms with E-state index in [-0.39, 0.29) is 30.2 Å². The fourth-order valence-corrected chi connectivity index (χ4v) is 3.61. The SMILES string of the molecule is CCOC(=O)C1=C(CSc2nc(C(=O)OCC)ccc2C#N)NC(=O)NC1CC. The van der Waals surface area contributed by atoms with Crippen LogP contribution < -0.4 is 10.6 Å². The number of nitrogens with one attached hydrogen (secondary N) is 2.